The number of rotatable bonds is 4. The van der Waals surface area contributed by atoms with Crippen LogP contribution in [0.4, 0.5) is 10.3 Å². The molecule has 160 valence electrons. The summed E-state index contributed by atoms with van der Waals surface area (Å²) in [6.45, 7) is 1.22. The van der Waals surface area contributed by atoms with E-state index >= 15 is 0 Å². The first kappa shape index (κ1) is 19.5. The second-order valence-electron chi connectivity index (χ2n) is 8.40. The fourth-order valence-corrected chi connectivity index (χ4v) is 4.69. The van der Waals surface area contributed by atoms with Crippen molar-refractivity contribution in [3.8, 4) is 0 Å². The van der Waals surface area contributed by atoms with E-state index in [0.717, 1.165) is 19.0 Å². The molecule has 9 nitrogen and oxygen atoms in total. The molecule has 2 aromatic rings. The van der Waals surface area contributed by atoms with Crippen LogP contribution in [0.15, 0.2) is 35.8 Å². The van der Waals surface area contributed by atoms with Gasteiger partial charge in [0.2, 0.25) is 11.9 Å². The van der Waals surface area contributed by atoms with E-state index in [0.29, 0.717) is 37.4 Å². The Balaban J connectivity index is 1.34. The summed E-state index contributed by atoms with van der Waals surface area (Å²) in [4.78, 5) is 39.5. The second kappa shape index (κ2) is 7.36. The number of piperidine rings is 1. The minimum Gasteiger partial charge on any atom is -0.364 e. The lowest BCUT2D eigenvalue weighted by molar-refractivity contribution is -0.140. The van der Waals surface area contributed by atoms with Gasteiger partial charge in [0.1, 0.15) is 11.5 Å². The molecule has 2 aromatic heterocycles. The predicted octanol–water partition coefficient (Wildman–Crippen LogP) is 1.68. The molecule has 1 spiro atoms. The van der Waals surface area contributed by atoms with Gasteiger partial charge in [-0.2, -0.15) is 5.10 Å². The molecule has 2 aliphatic heterocycles. The molecule has 2 unspecified atom stereocenters. The summed E-state index contributed by atoms with van der Waals surface area (Å²) in [6, 6.07) is 2.56. The molecule has 31 heavy (non-hydrogen) atoms. The van der Waals surface area contributed by atoms with Gasteiger partial charge < -0.3 is 10.6 Å². The molecule has 10 heteroatoms. The molecule has 2 fully saturated rings. The molecular weight excluding hydrogens is 401 g/mol. The fraction of sp³-hybridized carbons (Fsp3) is 0.429. The van der Waals surface area contributed by atoms with E-state index in [4.69, 9.17) is 5.73 Å². The topological polar surface area (TPSA) is 118 Å². The molecule has 5 rings (SSSR count). The van der Waals surface area contributed by atoms with E-state index < -0.39 is 11.7 Å². The van der Waals surface area contributed by atoms with Gasteiger partial charge in [0.25, 0.3) is 5.91 Å². The maximum Gasteiger partial charge on any atom is 0.267 e. The zero-order valence-electron chi connectivity index (χ0n) is 16.8. The number of nitrogens with zero attached hydrogens (tertiary/aromatic N) is 6. The standard InChI is InChI=1S/C21H22FN7O2/c22-14-9-13(10-24-11-14)17-2-7-26-29(17)19(31)15-3-8-28(12-21(15)4-5-21)20-25-6-1-16(27-20)18(23)30/h1,6-7,9-11,15,17H,2-5,8,12H2,(H2,23,30). The Morgan fingerprint density at radius 1 is 1.26 bits per heavy atom. The van der Waals surface area contributed by atoms with Gasteiger partial charge in [0.05, 0.1) is 12.2 Å². The molecule has 2 N–H and O–H groups in total. The molecule has 0 aromatic carbocycles. The van der Waals surface area contributed by atoms with Gasteiger partial charge in [0.15, 0.2) is 0 Å². The normalized spacial score (nSPS) is 23.9. The molecule has 0 radical (unpaired) electrons. The van der Waals surface area contributed by atoms with Crippen molar-refractivity contribution < 1.29 is 14.0 Å². The van der Waals surface area contributed by atoms with Gasteiger partial charge in [0, 0.05) is 44.0 Å². The first-order valence-electron chi connectivity index (χ1n) is 10.3. The predicted molar refractivity (Wildman–Crippen MR) is 109 cm³/mol. The third kappa shape index (κ3) is 3.51. The quantitative estimate of drug-likeness (QED) is 0.799. The molecule has 1 saturated carbocycles. The largest absolute Gasteiger partial charge is 0.364 e. The van der Waals surface area contributed by atoms with Crippen LogP contribution in [0.5, 0.6) is 0 Å². The van der Waals surface area contributed by atoms with Crippen molar-refractivity contribution in [2.45, 2.75) is 31.7 Å². The maximum atomic E-state index is 13.7. The molecule has 2 atom stereocenters. The average molecular weight is 423 g/mol. The summed E-state index contributed by atoms with van der Waals surface area (Å²) < 4.78 is 13.7. The number of halogens is 1. The summed E-state index contributed by atoms with van der Waals surface area (Å²) in [5.74, 6) is -0.785. The Morgan fingerprint density at radius 2 is 2.10 bits per heavy atom. The number of amides is 2. The van der Waals surface area contributed by atoms with Crippen LogP contribution < -0.4 is 10.6 Å². The third-order valence-corrected chi connectivity index (χ3v) is 6.47. The highest BCUT2D eigenvalue weighted by Crippen LogP contribution is 2.57. The van der Waals surface area contributed by atoms with E-state index in [2.05, 4.69) is 20.1 Å². The lowest BCUT2D eigenvalue weighted by Gasteiger charge is -2.40. The molecule has 4 heterocycles. The van der Waals surface area contributed by atoms with Gasteiger partial charge >= 0.3 is 0 Å². The van der Waals surface area contributed by atoms with Crippen molar-refractivity contribution >= 4 is 24.0 Å². The Kier molecular flexibility index (Phi) is 4.64. The highest BCUT2D eigenvalue weighted by Gasteiger charge is 2.57. The van der Waals surface area contributed by atoms with Crippen LogP contribution >= 0.6 is 0 Å². The number of anilines is 1. The van der Waals surface area contributed by atoms with Crippen molar-refractivity contribution in [1.29, 1.82) is 0 Å². The van der Waals surface area contributed by atoms with Crippen LogP contribution in [-0.4, -0.2) is 51.1 Å². The van der Waals surface area contributed by atoms with Gasteiger partial charge in [-0.25, -0.2) is 19.4 Å². The van der Waals surface area contributed by atoms with Crippen LogP contribution in [0.2, 0.25) is 0 Å². The maximum absolute atomic E-state index is 13.7. The van der Waals surface area contributed by atoms with Crippen LogP contribution in [0, 0.1) is 17.2 Å². The summed E-state index contributed by atoms with van der Waals surface area (Å²) in [5.41, 5.74) is 5.99. The van der Waals surface area contributed by atoms with Crippen LogP contribution in [0.25, 0.3) is 0 Å². The zero-order chi connectivity index (χ0) is 21.6. The van der Waals surface area contributed by atoms with E-state index in [1.54, 1.807) is 12.4 Å². The fourth-order valence-electron chi connectivity index (χ4n) is 4.69. The van der Waals surface area contributed by atoms with Gasteiger partial charge in [-0.05, 0) is 42.4 Å². The number of carbonyl (C=O) groups is 2. The molecular formula is C21H22FN7O2. The third-order valence-electron chi connectivity index (χ3n) is 6.47. The number of nitrogens with two attached hydrogens (primary N) is 1. The SMILES string of the molecule is NC(=O)c1ccnc(N2CCC(C(=O)N3N=CCC3c3cncc(F)c3)C3(CC3)C2)n1. The minimum absolute atomic E-state index is 0.0352. The van der Waals surface area contributed by atoms with E-state index in [9.17, 15) is 14.0 Å². The number of aromatic nitrogens is 3. The highest BCUT2D eigenvalue weighted by atomic mass is 19.1. The van der Waals surface area contributed by atoms with Gasteiger partial charge in [-0.3, -0.25) is 14.6 Å². The first-order valence-corrected chi connectivity index (χ1v) is 10.3. The van der Waals surface area contributed by atoms with Crippen molar-refractivity contribution in [3.05, 3.63) is 47.8 Å². The summed E-state index contributed by atoms with van der Waals surface area (Å²) in [5, 5.41) is 5.82. The van der Waals surface area contributed by atoms with Crippen molar-refractivity contribution in [1.82, 2.24) is 20.0 Å². The zero-order valence-corrected chi connectivity index (χ0v) is 16.8. The van der Waals surface area contributed by atoms with Crippen LogP contribution in [0.3, 0.4) is 0 Å². The Hall–Kier alpha value is -3.43. The summed E-state index contributed by atoms with van der Waals surface area (Å²) in [6.07, 6.45) is 8.98. The molecule has 3 aliphatic rings. The van der Waals surface area contributed by atoms with Crippen molar-refractivity contribution in [2.75, 3.05) is 18.0 Å². The molecule has 0 bridgehead atoms. The van der Waals surface area contributed by atoms with E-state index in [1.165, 1.54) is 23.3 Å². The van der Waals surface area contributed by atoms with Gasteiger partial charge in [-0.15, -0.1) is 0 Å². The number of pyridine rings is 1. The molecule has 1 saturated heterocycles. The Bertz CT molecular complexity index is 1070. The number of hydrazone groups is 1. The van der Waals surface area contributed by atoms with Crippen molar-refractivity contribution in [2.24, 2.45) is 22.2 Å². The minimum atomic E-state index is -0.598. The number of carbonyl (C=O) groups excluding carboxylic acids is 2. The average Bonchev–Trinajstić information content (AvgIpc) is 3.34. The Labute approximate surface area is 178 Å². The van der Waals surface area contributed by atoms with Gasteiger partial charge in [-0.1, -0.05) is 0 Å². The summed E-state index contributed by atoms with van der Waals surface area (Å²) in [7, 11) is 0. The first-order chi connectivity index (χ1) is 15.0. The number of hydrogen-bond acceptors (Lipinski definition) is 7. The van der Waals surface area contributed by atoms with Crippen LogP contribution in [-0.2, 0) is 4.79 Å². The molecule has 1 aliphatic carbocycles. The smallest absolute Gasteiger partial charge is 0.267 e. The molecule has 2 amide bonds. The summed E-state index contributed by atoms with van der Waals surface area (Å²) >= 11 is 0. The highest BCUT2D eigenvalue weighted by molar-refractivity contribution is 5.91. The lowest BCUT2D eigenvalue weighted by Crippen LogP contribution is -2.48. The van der Waals surface area contributed by atoms with Crippen LogP contribution in [0.1, 0.15) is 47.8 Å². The van der Waals surface area contributed by atoms with Crippen molar-refractivity contribution in [3.63, 3.8) is 0 Å². The number of primary amides is 1. The number of hydrogen-bond donors (Lipinski definition) is 1. The van der Waals surface area contributed by atoms with E-state index in [-0.39, 0.29) is 29.0 Å². The second-order valence-corrected chi connectivity index (χ2v) is 8.40. The van der Waals surface area contributed by atoms with E-state index in [1.807, 2.05) is 4.90 Å². The monoisotopic (exact) mass is 423 g/mol. The Morgan fingerprint density at radius 3 is 2.84 bits per heavy atom. The lowest BCUT2D eigenvalue weighted by atomic mass is 9.81.